The summed E-state index contributed by atoms with van der Waals surface area (Å²) in [5.74, 6) is 1.11. The fourth-order valence-corrected chi connectivity index (χ4v) is 7.31. The van der Waals surface area contributed by atoms with Crippen molar-refractivity contribution in [3.05, 3.63) is 35.5 Å². The van der Waals surface area contributed by atoms with Crippen LogP contribution in [0.2, 0.25) is 0 Å². The van der Waals surface area contributed by atoms with Crippen molar-refractivity contribution < 1.29 is 19.0 Å². The first-order valence-corrected chi connectivity index (χ1v) is 12.6. The van der Waals surface area contributed by atoms with Crippen LogP contribution < -0.4 is 0 Å². The van der Waals surface area contributed by atoms with Crippen LogP contribution in [-0.2, 0) is 0 Å². The molecular formula is C27H41F2NO2. The Labute approximate surface area is 192 Å². The summed E-state index contributed by atoms with van der Waals surface area (Å²) in [6.07, 6.45) is 7.47. The normalized spacial score (nSPS) is 42.5. The van der Waals surface area contributed by atoms with Crippen molar-refractivity contribution in [3.8, 4) is 0 Å². The van der Waals surface area contributed by atoms with Crippen LogP contribution in [0, 0.1) is 35.0 Å². The van der Waals surface area contributed by atoms with Crippen molar-refractivity contribution in [2.45, 2.75) is 77.9 Å². The van der Waals surface area contributed by atoms with Gasteiger partial charge in [0.15, 0.2) is 0 Å². The fraction of sp³-hybridized carbons (Fsp3) is 0.778. The Hall–Kier alpha value is -1.04. The van der Waals surface area contributed by atoms with Gasteiger partial charge in [0.2, 0.25) is 6.43 Å². The van der Waals surface area contributed by atoms with E-state index >= 15 is 0 Å². The number of fused-ring (bicyclic) bond motifs is 1. The molecule has 0 bridgehead atoms. The lowest BCUT2D eigenvalue weighted by Gasteiger charge is -2.47. The summed E-state index contributed by atoms with van der Waals surface area (Å²) in [5.41, 5.74) is 3.48. The van der Waals surface area contributed by atoms with Crippen LogP contribution in [-0.4, -0.2) is 53.4 Å². The highest BCUT2D eigenvalue weighted by Gasteiger charge is 2.51. The summed E-state index contributed by atoms with van der Waals surface area (Å²) < 4.78 is 25.7. The first-order chi connectivity index (χ1) is 15.1. The highest BCUT2D eigenvalue weighted by Crippen LogP contribution is 2.59. The van der Waals surface area contributed by atoms with Crippen LogP contribution in [0.4, 0.5) is 8.78 Å². The van der Waals surface area contributed by atoms with Gasteiger partial charge in [-0.2, -0.15) is 0 Å². The first-order valence-electron chi connectivity index (χ1n) is 12.6. The molecule has 4 rings (SSSR count). The van der Waals surface area contributed by atoms with Gasteiger partial charge in [-0.05, 0) is 72.8 Å². The standard InChI is InChI=1S/C27H41F2NO2/c1-16(13-30-14-21(15-30)26(28)29)22-9-10-23-19(6-5-11-27(22,23)4)7-8-20-12-24(31)18(3)25(32)17(20)2/h7-8,16,18,21-26,31-32H,2,5-6,9-15H2,1,3-4H3/b19-7+,20-8-/t16?,18-,22+,23-,24+,25+,27+/m0/s1. The number of hydrogen-bond acceptors (Lipinski definition) is 3. The number of nitrogens with zero attached hydrogens (tertiary/aromatic N) is 1. The molecule has 0 aromatic carbocycles. The predicted octanol–water partition coefficient (Wildman–Crippen LogP) is 5.21. The molecule has 0 radical (unpaired) electrons. The third-order valence-corrected chi connectivity index (χ3v) is 9.41. The number of alkyl halides is 2. The molecule has 3 nitrogen and oxygen atoms in total. The smallest absolute Gasteiger partial charge is 0.243 e. The lowest BCUT2D eigenvalue weighted by Crippen LogP contribution is -2.52. The summed E-state index contributed by atoms with van der Waals surface area (Å²) in [6, 6.07) is 0. The number of halogens is 2. The number of aliphatic hydroxyl groups excluding tert-OH is 2. The Bertz CT molecular complexity index is 772. The second-order valence-corrected chi connectivity index (χ2v) is 11.4. The molecular weight excluding hydrogens is 408 g/mol. The summed E-state index contributed by atoms with van der Waals surface area (Å²) >= 11 is 0. The molecule has 180 valence electrons. The van der Waals surface area contributed by atoms with Gasteiger partial charge in [0.05, 0.1) is 12.2 Å². The van der Waals surface area contributed by atoms with E-state index in [0.717, 1.165) is 24.1 Å². The maximum Gasteiger partial charge on any atom is 0.243 e. The van der Waals surface area contributed by atoms with Gasteiger partial charge < -0.3 is 15.1 Å². The monoisotopic (exact) mass is 449 g/mol. The minimum Gasteiger partial charge on any atom is -0.392 e. The molecule has 1 heterocycles. The average molecular weight is 450 g/mol. The molecule has 0 spiro atoms. The van der Waals surface area contributed by atoms with E-state index in [1.165, 1.54) is 31.3 Å². The van der Waals surface area contributed by atoms with E-state index in [1.807, 2.05) is 6.92 Å². The molecule has 1 unspecified atom stereocenters. The van der Waals surface area contributed by atoms with E-state index < -0.39 is 24.6 Å². The van der Waals surface area contributed by atoms with Gasteiger partial charge >= 0.3 is 0 Å². The third kappa shape index (κ3) is 4.37. The number of aliphatic hydroxyl groups is 2. The molecule has 4 aliphatic rings. The Morgan fingerprint density at radius 3 is 2.62 bits per heavy atom. The summed E-state index contributed by atoms with van der Waals surface area (Å²) in [5, 5.41) is 20.7. The van der Waals surface area contributed by atoms with E-state index in [4.69, 9.17) is 0 Å². The number of hydrogen-bond donors (Lipinski definition) is 2. The van der Waals surface area contributed by atoms with Gasteiger partial charge in [-0.3, -0.25) is 0 Å². The molecule has 32 heavy (non-hydrogen) atoms. The van der Waals surface area contributed by atoms with Gasteiger partial charge in [-0.1, -0.05) is 45.1 Å². The molecule has 1 saturated heterocycles. The molecule has 3 aliphatic carbocycles. The highest BCUT2D eigenvalue weighted by atomic mass is 19.3. The van der Waals surface area contributed by atoms with Gasteiger partial charge in [0.1, 0.15) is 0 Å². The zero-order valence-corrected chi connectivity index (χ0v) is 19.9. The first kappa shape index (κ1) is 24.1. The minimum absolute atomic E-state index is 0.176. The maximum absolute atomic E-state index is 12.8. The van der Waals surface area contributed by atoms with Gasteiger partial charge in [-0.15, -0.1) is 0 Å². The van der Waals surface area contributed by atoms with Crippen molar-refractivity contribution in [2.24, 2.45) is 35.0 Å². The van der Waals surface area contributed by atoms with E-state index in [2.05, 4.69) is 37.5 Å². The van der Waals surface area contributed by atoms with E-state index in [-0.39, 0.29) is 11.3 Å². The van der Waals surface area contributed by atoms with Gasteiger partial charge in [0, 0.05) is 31.5 Å². The lowest BCUT2D eigenvalue weighted by atomic mass is 9.61. The number of likely N-dealkylation sites (tertiary alicyclic amines) is 1. The van der Waals surface area contributed by atoms with Crippen LogP contribution in [0.3, 0.4) is 0 Å². The average Bonchev–Trinajstić information content (AvgIpc) is 3.07. The molecule has 0 aromatic rings. The molecule has 4 fully saturated rings. The second-order valence-electron chi connectivity index (χ2n) is 11.4. The Morgan fingerprint density at radius 1 is 1.22 bits per heavy atom. The topological polar surface area (TPSA) is 43.7 Å². The van der Waals surface area contributed by atoms with Crippen LogP contribution in [0.15, 0.2) is 35.5 Å². The second kappa shape index (κ2) is 9.31. The van der Waals surface area contributed by atoms with Crippen LogP contribution in [0.5, 0.6) is 0 Å². The largest absolute Gasteiger partial charge is 0.392 e. The van der Waals surface area contributed by atoms with Crippen molar-refractivity contribution in [2.75, 3.05) is 19.6 Å². The maximum atomic E-state index is 12.8. The Morgan fingerprint density at radius 2 is 1.94 bits per heavy atom. The molecule has 0 amide bonds. The summed E-state index contributed by atoms with van der Waals surface area (Å²) in [4.78, 5) is 2.22. The predicted molar refractivity (Wildman–Crippen MR) is 124 cm³/mol. The SMILES string of the molecule is C=C1/C(=C\C=C2/CCC[C@]3(C)[C@@H](C(C)CN4CC(C(F)F)C4)CC[C@@H]23)C[C@@H](O)[C@H](C)[C@@H]1O. The molecule has 1 aliphatic heterocycles. The molecule has 5 heteroatoms. The zero-order valence-electron chi connectivity index (χ0n) is 19.9. The van der Waals surface area contributed by atoms with Gasteiger partial charge in [-0.25, -0.2) is 8.78 Å². The summed E-state index contributed by atoms with van der Waals surface area (Å²) in [7, 11) is 0. The number of rotatable bonds is 5. The Balaban J connectivity index is 1.44. The van der Waals surface area contributed by atoms with Crippen LogP contribution in [0.25, 0.3) is 0 Å². The van der Waals surface area contributed by atoms with Crippen molar-refractivity contribution >= 4 is 0 Å². The molecule has 7 atom stereocenters. The van der Waals surface area contributed by atoms with E-state index in [0.29, 0.717) is 37.3 Å². The molecule has 2 N–H and O–H groups in total. The highest BCUT2D eigenvalue weighted by molar-refractivity contribution is 5.39. The number of allylic oxidation sites excluding steroid dienone is 3. The Kier molecular flexibility index (Phi) is 7.01. The van der Waals surface area contributed by atoms with Crippen molar-refractivity contribution in [3.63, 3.8) is 0 Å². The fourth-order valence-electron chi connectivity index (χ4n) is 7.31. The van der Waals surface area contributed by atoms with Crippen molar-refractivity contribution in [1.29, 1.82) is 0 Å². The summed E-state index contributed by atoms with van der Waals surface area (Å²) in [6.45, 7) is 12.8. The molecule has 3 saturated carbocycles. The van der Waals surface area contributed by atoms with Crippen LogP contribution >= 0.6 is 0 Å². The minimum atomic E-state index is -2.18. The molecule has 0 aromatic heterocycles. The lowest BCUT2D eigenvalue weighted by molar-refractivity contribution is -0.0381. The zero-order chi connectivity index (χ0) is 23.2. The third-order valence-electron chi connectivity index (χ3n) is 9.41. The van der Waals surface area contributed by atoms with E-state index in [1.54, 1.807) is 0 Å². The van der Waals surface area contributed by atoms with Crippen molar-refractivity contribution in [1.82, 2.24) is 4.90 Å². The quantitative estimate of drug-likeness (QED) is 0.606. The van der Waals surface area contributed by atoms with Gasteiger partial charge in [0.25, 0.3) is 0 Å². The van der Waals surface area contributed by atoms with Crippen LogP contribution in [0.1, 0.15) is 59.3 Å². The van der Waals surface area contributed by atoms with E-state index in [9.17, 15) is 19.0 Å².